The van der Waals surface area contributed by atoms with E-state index in [4.69, 9.17) is 0 Å². The molecular weight excluding hydrogens is 304 g/mol. The van der Waals surface area contributed by atoms with E-state index in [2.05, 4.69) is 41.4 Å². The quantitative estimate of drug-likeness (QED) is 0.869. The number of amides is 1. The van der Waals surface area contributed by atoms with E-state index in [1.807, 2.05) is 34.0 Å². The Labute approximate surface area is 143 Å². The van der Waals surface area contributed by atoms with Crippen LogP contribution in [-0.2, 0) is 6.42 Å². The third-order valence-electron chi connectivity index (χ3n) is 4.14. The van der Waals surface area contributed by atoms with Crippen molar-refractivity contribution >= 4 is 17.2 Å². The fourth-order valence-corrected chi connectivity index (χ4v) is 3.64. The molecule has 1 atom stereocenters. The molecule has 3 nitrogen and oxygen atoms in total. The van der Waals surface area contributed by atoms with Gasteiger partial charge in [-0.15, -0.1) is 11.3 Å². The van der Waals surface area contributed by atoms with Gasteiger partial charge in [0.1, 0.15) is 0 Å². The van der Waals surface area contributed by atoms with Crippen LogP contribution in [0.3, 0.4) is 0 Å². The predicted molar refractivity (Wildman–Crippen MR) is 98.4 cm³/mol. The Morgan fingerprint density at radius 2 is 1.87 bits per heavy atom. The van der Waals surface area contributed by atoms with Crippen LogP contribution in [0.25, 0.3) is 0 Å². The molecule has 0 aliphatic rings. The Hall–Kier alpha value is -1.65. The van der Waals surface area contributed by atoms with Gasteiger partial charge in [0, 0.05) is 16.3 Å². The van der Waals surface area contributed by atoms with Crippen molar-refractivity contribution in [1.29, 1.82) is 0 Å². The van der Waals surface area contributed by atoms with Gasteiger partial charge in [0.15, 0.2) is 0 Å². The molecule has 1 amide bonds. The standard InChI is InChI=1S/C19H26N2OS/c1-6-15-7-9-16(10-8-15)18(21(4)5)12-20-19(22)17-11-13(2)23-14(17)3/h7-11,18H,6,12H2,1-5H3,(H,20,22). The lowest BCUT2D eigenvalue weighted by atomic mass is 10.0. The summed E-state index contributed by atoms with van der Waals surface area (Å²) >= 11 is 1.67. The second kappa shape index (κ2) is 7.75. The Morgan fingerprint density at radius 3 is 2.35 bits per heavy atom. The Balaban J connectivity index is 2.07. The first-order valence-corrected chi connectivity index (χ1v) is 8.84. The molecule has 0 aliphatic carbocycles. The summed E-state index contributed by atoms with van der Waals surface area (Å²) in [5.41, 5.74) is 3.36. The van der Waals surface area contributed by atoms with Gasteiger partial charge < -0.3 is 10.2 Å². The van der Waals surface area contributed by atoms with E-state index in [0.29, 0.717) is 6.54 Å². The first-order valence-electron chi connectivity index (χ1n) is 8.02. The molecule has 0 spiro atoms. The number of likely N-dealkylation sites (N-methyl/N-ethyl adjacent to an activating group) is 1. The molecular formula is C19H26N2OS. The minimum Gasteiger partial charge on any atom is -0.350 e. The third kappa shape index (κ3) is 4.43. The molecule has 0 bridgehead atoms. The molecule has 0 fully saturated rings. The fourth-order valence-electron chi connectivity index (χ4n) is 2.71. The van der Waals surface area contributed by atoms with E-state index >= 15 is 0 Å². The van der Waals surface area contributed by atoms with Crippen LogP contribution in [0.15, 0.2) is 30.3 Å². The van der Waals surface area contributed by atoms with Crippen molar-refractivity contribution in [3.05, 3.63) is 56.8 Å². The second-order valence-electron chi connectivity index (χ2n) is 6.11. The molecule has 1 aromatic heterocycles. The molecule has 124 valence electrons. The summed E-state index contributed by atoms with van der Waals surface area (Å²) in [6, 6.07) is 10.8. The number of nitrogens with zero attached hydrogens (tertiary/aromatic N) is 1. The molecule has 1 heterocycles. The van der Waals surface area contributed by atoms with Crippen LogP contribution < -0.4 is 5.32 Å². The number of hydrogen-bond donors (Lipinski definition) is 1. The number of thiophene rings is 1. The molecule has 2 aromatic rings. The molecule has 0 saturated heterocycles. The SMILES string of the molecule is CCc1ccc(C(CNC(=O)c2cc(C)sc2C)N(C)C)cc1. The number of carbonyl (C=O) groups excluding carboxylic acids is 1. The van der Waals surface area contributed by atoms with Gasteiger partial charge in [-0.25, -0.2) is 0 Å². The van der Waals surface area contributed by atoms with E-state index in [1.54, 1.807) is 11.3 Å². The van der Waals surface area contributed by atoms with Crippen molar-refractivity contribution in [3.8, 4) is 0 Å². The van der Waals surface area contributed by atoms with Crippen molar-refractivity contribution in [3.63, 3.8) is 0 Å². The fraction of sp³-hybridized carbons (Fsp3) is 0.421. The van der Waals surface area contributed by atoms with Gasteiger partial charge in [0.05, 0.1) is 11.6 Å². The van der Waals surface area contributed by atoms with Crippen molar-refractivity contribution in [2.24, 2.45) is 0 Å². The smallest absolute Gasteiger partial charge is 0.252 e. The molecule has 4 heteroatoms. The van der Waals surface area contributed by atoms with Gasteiger partial charge in [0.2, 0.25) is 0 Å². The predicted octanol–water partition coefficient (Wildman–Crippen LogP) is 3.96. The number of benzene rings is 1. The highest BCUT2D eigenvalue weighted by molar-refractivity contribution is 7.12. The maximum Gasteiger partial charge on any atom is 0.252 e. The summed E-state index contributed by atoms with van der Waals surface area (Å²) < 4.78 is 0. The molecule has 23 heavy (non-hydrogen) atoms. The average Bonchev–Trinajstić information content (AvgIpc) is 2.86. The lowest BCUT2D eigenvalue weighted by Gasteiger charge is -2.25. The number of carbonyl (C=O) groups is 1. The minimum atomic E-state index is 0.0175. The second-order valence-corrected chi connectivity index (χ2v) is 7.57. The van der Waals surface area contributed by atoms with Crippen molar-refractivity contribution in [1.82, 2.24) is 10.2 Å². The number of hydrogen-bond acceptors (Lipinski definition) is 3. The third-order valence-corrected chi connectivity index (χ3v) is 5.10. The topological polar surface area (TPSA) is 32.3 Å². The summed E-state index contributed by atoms with van der Waals surface area (Å²) in [5.74, 6) is 0.0175. The monoisotopic (exact) mass is 330 g/mol. The normalized spacial score (nSPS) is 12.4. The molecule has 1 aromatic carbocycles. The maximum atomic E-state index is 12.4. The van der Waals surface area contributed by atoms with Crippen LogP contribution in [0.2, 0.25) is 0 Å². The van der Waals surface area contributed by atoms with E-state index in [9.17, 15) is 4.79 Å². The molecule has 1 unspecified atom stereocenters. The first-order chi connectivity index (χ1) is 10.9. The summed E-state index contributed by atoms with van der Waals surface area (Å²) in [6.07, 6.45) is 1.04. The Kier molecular flexibility index (Phi) is 5.97. The van der Waals surface area contributed by atoms with Gasteiger partial charge in [-0.1, -0.05) is 31.2 Å². The van der Waals surface area contributed by atoms with Crippen molar-refractivity contribution in [2.45, 2.75) is 33.2 Å². The zero-order valence-electron chi connectivity index (χ0n) is 14.6. The summed E-state index contributed by atoms with van der Waals surface area (Å²) in [4.78, 5) is 16.8. The van der Waals surface area contributed by atoms with Crippen molar-refractivity contribution < 1.29 is 4.79 Å². The van der Waals surface area contributed by atoms with E-state index < -0.39 is 0 Å². The van der Waals surface area contributed by atoms with E-state index in [-0.39, 0.29) is 11.9 Å². The molecule has 0 saturated carbocycles. The largest absolute Gasteiger partial charge is 0.350 e. The minimum absolute atomic E-state index is 0.0175. The maximum absolute atomic E-state index is 12.4. The van der Waals surface area contributed by atoms with Crippen molar-refractivity contribution in [2.75, 3.05) is 20.6 Å². The van der Waals surface area contributed by atoms with Crippen LogP contribution >= 0.6 is 11.3 Å². The average molecular weight is 330 g/mol. The highest BCUT2D eigenvalue weighted by Gasteiger charge is 2.17. The lowest BCUT2D eigenvalue weighted by molar-refractivity contribution is 0.0942. The zero-order valence-corrected chi connectivity index (χ0v) is 15.5. The van der Waals surface area contributed by atoms with Gasteiger partial charge in [-0.2, -0.15) is 0 Å². The lowest BCUT2D eigenvalue weighted by Crippen LogP contribution is -2.34. The summed E-state index contributed by atoms with van der Waals surface area (Å²) in [5, 5.41) is 3.09. The van der Waals surface area contributed by atoms with Crippen LogP contribution in [0.5, 0.6) is 0 Å². The van der Waals surface area contributed by atoms with Gasteiger partial charge in [-0.05, 0) is 51.6 Å². The van der Waals surface area contributed by atoms with Crippen LogP contribution in [0.4, 0.5) is 0 Å². The molecule has 0 aliphatic heterocycles. The van der Waals surface area contributed by atoms with Gasteiger partial charge >= 0.3 is 0 Å². The molecule has 1 N–H and O–H groups in total. The Bertz CT molecular complexity index is 659. The van der Waals surface area contributed by atoms with E-state index in [0.717, 1.165) is 16.9 Å². The van der Waals surface area contributed by atoms with Gasteiger partial charge in [-0.3, -0.25) is 4.79 Å². The van der Waals surface area contributed by atoms with Crippen LogP contribution in [-0.4, -0.2) is 31.4 Å². The summed E-state index contributed by atoms with van der Waals surface area (Å²) in [7, 11) is 4.09. The first kappa shape index (κ1) is 17.7. The number of rotatable bonds is 6. The van der Waals surface area contributed by atoms with Crippen LogP contribution in [0, 0.1) is 13.8 Å². The highest BCUT2D eigenvalue weighted by atomic mass is 32.1. The highest BCUT2D eigenvalue weighted by Crippen LogP contribution is 2.22. The number of nitrogens with one attached hydrogen (secondary N) is 1. The summed E-state index contributed by atoms with van der Waals surface area (Å²) in [6.45, 7) is 6.79. The van der Waals surface area contributed by atoms with E-state index in [1.165, 1.54) is 16.0 Å². The molecule has 0 radical (unpaired) electrons. The number of aryl methyl sites for hydroxylation is 3. The molecule has 2 rings (SSSR count). The van der Waals surface area contributed by atoms with Gasteiger partial charge in [0.25, 0.3) is 5.91 Å². The van der Waals surface area contributed by atoms with Crippen LogP contribution in [0.1, 0.15) is 44.2 Å². The Morgan fingerprint density at radius 1 is 1.22 bits per heavy atom. The zero-order chi connectivity index (χ0) is 17.0.